The van der Waals surface area contributed by atoms with Gasteiger partial charge in [0.05, 0.1) is 12.3 Å². The number of hydrogen-bond acceptors (Lipinski definition) is 2. The quantitative estimate of drug-likeness (QED) is 0.569. The van der Waals surface area contributed by atoms with Crippen LogP contribution in [0, 0.1) is 17.1 Å². The van der Waals surface area contributed by atoms with Gasteiger partial charge in [0.15, 0.2) is 0 Å². The SMILES string of the molecule is N#CC=Cc1cncc(F)c1. The Kier molecular flexibility index (Phi) is 2.34. The third-order valence-corrected chi connectivity index (χ3v) is 1.08. The molecule has 0 atom stereocenters. The maximum Gasteiger partial charge on any atom is 0.142 e. The van der Waals surface area contributed by atoms with Crippen molar-refractivity contribution in [1.29, 1.82) is 5.26 Å². The Morgan fingerprint density at radius 2 is 2.36 bits per heavy atom. The zero-order valence-corrected chi connectivity index (χ0v) is 5.66. The summed E-state index contributed by atoms with van der Waals surface area (Å²) in [6, 6.07) is 3.11. The number of aromatic nitrogens is 1. The van der Waals surface area contributed by atoms with Gasteiger partial charge in [0.25, 0.3) is 0 Å². The average Bonchev–Trinajstić information content (AvgIpc) is 2.01. The van der Waals surface area contributed by atoms with Gasteiger partial charge in [-0.2, -0.15) is 5.26 Å². The van der Waals surface area contributed by atoms with E-state index in [9.17, 15) is 4.39 Å². The molecule has 0 radical (unpaired) electrons. The van der Waals surface area contributed by atoms with E-state index >= 15 is 0 Å². The Balaban J connectivity index is 2.90. The number of hydrogen-bond donors (Lipinski definition) is 0. The van der Waals surface area contributed by atoms with Crippen molar-refractivity contribution in [2.24, 2.45) is 0 Å². The molecule has 0 fully saturated rings. The van der Waals surface area contributed by atoms with Crippen LogP contribution in [0.5, 0.6) is 0 Å². The molecule has 0 amide bonds. The van der Waals surface area contributed by atoms with Crippen molar-refractivity contribution in [2.45, 2.75) is 0 Å². The largest absolute Gasteiger partial charge is 0.261 e. The predicted octanol–water partition coefficient (Wildman–Crippen LogP) is 1.76. The van der Waals surface area contributed by atoms with Gasteiger partial charge in [-0.15, -0.1) is 0 Å². The molecule has 0 aromatic carbocycles. The second-order valence-electron chi connectivity index (χ2n) is 1.90. The first-order chi connectivity index (χ1) is 5.33. The molecule has 0 aliphatic carbocycles. The van der Waals surface area contributed by atoms with E-state index in [0.717, 1.165) is 6.20 Å². The van der Waals surface area contributed by atoms with Crippen molar-refractivity contribution < 1.29 is 4.39 Å². The average molecular weight is 148 g/mol. The van der Waals surface area contributed by atoms with E-state index in [1.807, 2.05) is 0 Å². The third-order valence-electron chi connectivity index (χ3n) is 1.08. The van der Waals surface area contributed by atoms with Crippen LogP contribution in [-0.4, -0.2) is 4.98 Å². The van der Waals surface area contributed by atoms with Gasteiger partial charge in [0.2, 0.25) is 0 Å². The number of pyridine rings is 1. The molecule has 0 aliphatic heterocycles. The first-order valence-electron chi connectivity index (χ1n) is 2.99. The van der Waals surface area contributed by atoms with Crippen molar-refractivity contribution in [3.8, 4) is 6.07 Å². The van der Waals surface area contributed by atoms with Crippen LogP contribution in [0.3, 0.4) is 0 Å². The van der Waals surface area contributed by atoms with Crippen LogP contribution in [0.25, 0.3) is 6.08 Å². The van der Waals surface area contributed by atoms with Crippen LogP contribution in [0.2, 0.25) is 0 Å². The van der Waals surface area contributed by atoms with E-state index in [-0.39, 0.29) is 0 Å². The van der Waals surface area contributed by atoms with E-state index < -0.39 is 5.82 Å². The molecule has 0 aliphatic rings. The number of rotatable bonds is 1. The summed E-state index contributed by atoms with van der Waals surface area (Å²) in [5.74, 6) is -0.398. The van der Waals surface area contributed by atoms with E-state index in [2.05, 4.69) is 4.98 Å². The van der Waals surface area contributed by atoms with Crippen molar-refractivity contribution in [3.05, 3.63) is 35.9 Å². The van der Waals surface area contributed by atoms with Gasteiger partial charge in [-0.25, -0.2) is 4.39 Å². The molecule has 11 heavy (non-hydrogen) atoms. The highest BCUT2D eigenvalue weighted by Gasteiger charge is 1.89. The topological polar surface area (TPSA) is 36.7 Å². The summed E-state index contributed by atoms with van der Waals surface area (Å²) in [5.41, 5.74) is 0.589. The summed E-state index contributed by atoms with van der Waals surface area (Å²) >= 11 is 0. The minimum absolute atomic E-state index is 0.398. The van der Waals surface area contributed by atoms with Crippen LogP contribution in [0.4, 0.5) is 4.39 Å². The first-order valence-corrected chi connectivity index (χ1v) is 2.99. The lowest BCUT2D eigenvalue weighted by Crippen LogP contribution is -1.79. The minimum atomic E-state index is -0.398. The Labute approximate surface area is 63.6 Å². The highest BCUT2D eigenvalue weighted by atomic mass is 19.1. The fourth-order valence-electron chi connectivity index (χ4n) is 0.653. The molecule has 1 heterocycles. The van der Waals surface area contributed by atoms with E-state index in [0.29, 0.717) is 5.56 Å². The maximum absolute atomic E-state index is 12.4. The number of allylic oxidation sites excluding steroid dienone is 1. The summed E-state index contributed by atoms with van der Waals surface area (Å²) in [7, 11) is 0. The molecule has 0 unspecified atom stereocenters. The standard InChI is InChI=1S/C8H5FN2/c9-8-4-7(2-1-3-10)5-11-6-8/h1-2,4-6H. The first kappa shape index (κ1) is 7.42. The summed E-state index contributed by atoms with van der Waals surface area (Å²) < 4.78 is 12.4. The van der Waals surface area contributed by atoms with Gasteiger partial charge in [0.1, 0.15) is 5.82 Å². The normalized spacial score (nSPS) is 9.82. The van der Waals surface area contributed by atoms with Crippen molar-refractivity contribution >= 4 is 6.08 Å². The van der Waals surface area contributed by atoms with Crippen LogP contribution >= 0.6 is 0 Å². The smallest absolute Gasteiger partial charge is 0.142 e. The van der Waals surface area contributed by atoms with Crippen LogP contribution in [0.15, 0.2) is 24.5 Å². The molecule has 3 heteroatoms. The van der Waals surface area contributed by atoms with E-state index in [4.69, 9.17) is 5.26 Å². The molecule has 0 N–H and O–H groups in total. The molecule has 0 bridgehead atoms. The molecule has 0 saturated heterocycles. The second kappa shape index (κ2) is 3.47. The Morgan fingerprint density at radius 1 is 1.55 bits per heavy atom. The maximum atomic E-state index is 12.4. The van der Waals surface area contributed by atoms with Crippen molar-refractivity contribution in [1.82, 2.24) is 4.98 Å². The lowest BCUT2D eigenvalue weighted by Gasteiger charge is -1.89. The van der Waals surface area contributed by atoms with Crippen molar-refractivity contribution in [2.75, 3.05) is 0 Å². The summed E-state index contributed by atoms with van der Waals surface area (Å²) in [6.07, 6.45) is 5.37. The summed E-state index contributed by atoms with van der Waals surface area (Å²) in [6.45, 7) is 0. The highest BCUT2D eigenvalue weighted by molar-refractivity contribution is 5.50. The lowest BCUT2D eigenvalue weighted by molar-refractivity contribution is 0.621. The van der Waals surface area contributed by atoms with E-state index in [1.165, 1.54) is 24.4 Å². The minimum Gasteiger partial charge on any atom is -0.261 e. The molecule has 1 aromatic rings. The van der Waals surface area contributed by atoms with Gasteiger partial charge in [-0.05, 0) is 17.7 Å². The molecule has 1 rings (SSSR count). The van der Waals surface area contributed by atoms with Gasteiger partial charge in [-0.1, -0.05) is 0 Å². The van der Waals surface area contributed by atoms with Gasteiger partial charge < -0.3 is 0 Å². The molecular weight excluding hydrogens is 143 g/mol. The fourth-order valence-corrected chi connectivity index (χ4v) is 0.653. The van der Waals surface area contributed by atoms with Crippen molar-refractivity contribution in [3.63, 3.8) is 0 Å². The van der Waals surface area contributed by atoms with Gasteiger partial charge in [-0.3, -0.25) is 4.98 Å². The number of halogens is 1. The summed E-state index contributed by atoms with van der Waals surface area (Å²) in [5, 5.41) is 8.15. The Bertz CT molecular complexity index is 312. The molecule has 1 aromatic heterocycles. The summed E-state index contributed by atoms with van der Waals surface area (Å²) in [4.78, 5) is 3.60. The molecule has 54 valence electrons. The molecule has 0 spiro atoms. The molecular formula is C8H5FN2. The lowest BCUT2D eigenvalue weighted by atomic mass is 10.2. The van der Waals surface area contributed by atoms with Gasteiger partial charge >= 0.3 is 0 Å². The van der Waals surface area contributed by atoms with E-state index in [1.54, 1.807) is 6.07 Å². The second-order valence-corrected chi connectivity index (χ2v) is 1.90. The predicted molar refractivity (Wildman–Crippen MR) is 38.8 cm³/mol. The van der Waals surface area contributed by atoms with Crippen LogP contribution in [-0.2, 0) is 0 Å². The zero-order valence-electron chi connectivity index (χ0n) is 5.66. The van der Waals surface area contributed by atoms with Gasteiger partial charge in [0, 0.05) is 12.3 Å². The van der Waals surface area contributed by atoms with Crippen LogP contribution < -0.4 is 0 Å². The highest BCUT2D eigenvalue weighted by Crippen LogP contribution is 2.01. The number of nitriles is 1. The fraction of sp³-hybridized carbons (Fsp3) is 0. The molecule has 2 nitrogen and oxygen atoms in total. The zero-order chi connectivity index (χ0) is 8.10. The third kappa shape index (κ3) is 2.18. The monoisotopic (exact) mass is 148 g/mol. The Morgan fingerprint density at radius 3 is 3.00 bits per heavy atom. The Hall–Kier alpha value is -1.69. The van der Waals surface area contributed by atoms with Crippen LogP contribution in [0.1, 0.15) is 5.56 Å². The molecule has 0 saturated carbocycles. The number of nitrogens with zero attached hydrogens (tertiary/aromatic N) is 2.